The van der Waals surface area contributed by atoms with Crippen LogP contribution < -0.4 is 14.8 Å². The molecule has 106 valence electrons. The van der Waals surface area contributed by atoms with Gasteiger partial charge in [0.1, 0.15) is 0 Å². The van der Waals surface area contributed by atoms with E-state index in [-0.39, 0.29) is 0 Å². The van der Waals surface area contributed by atoms with Crippen molar-refractivity contribution in [2.75, 3.05) is 20.8 Å². The monoisotopic (exact) mass is 263 g/mol. The van der Waals surface area contributed by atoms with E-state index in [0.29, 0.717) is 0 Å². The molecule has 0 spiro atoms. The maximum atomic E-state index is 5.32. The zero-order valence-electron chi connectivity index (χ0n) is 12.2. The molecule has 1 aromatic rings. The fraction of sp³-hybridized carbons (Fsp3) is 0.625. The number of hydrogen-bond donors (Lipinski definition) is 1. The molecule has 1 N–H and O–H groups in total. The van der Waals surface area contributed by atoms with Gasteiger partial charge in [-0.1, -0.05) is 25.8 Å². The van der Waals surface area contributed by atoms with Crippen LogP contribution in [0.4, 0.5) is 0 Å². The summed E-state index contributed by atoms with van der Waals surface area (Å²) >= 11 is 0. The van der Waals surface area contributed by atoms with E-state index in [0.717, 1.165) is 36.4 Å². The summed E-state index contributed by atoms with van der Waals surface area (Å²) in [6.07, 6.45) is 4.16. The van der Waals surface area contributed by atoms with Gasteiger partial charge in [-0.3, -0.25) is 0 Å². The largest absolute Gasteiger partial charge is 0.493 e. The molecule has 2 rings (SSSR count). The standard InChI is InChI=1S/C16H25NO2/c1-12-5-4-6-14(12)11-17-10-13-7-8-15(18-2)16(9-13)19-3/h7-9,12,14,17H,4-6,10-11H2,1-3H3. The average molecular weight is 263 g/mol. The van der Waals surface area contributed by atoms with E-state index in [1.165, 1.54) is 24.8 Å². The second-order valence-corrected chi connectivity index (χ2v) is 5.49. The molecule has 1 aliphatic carbocycles. The van der Waals surface area contributed by atoms with Crippen LogP contribution in [0.25, 0.3) is 0 Å². The molecule has 1 aliphatic rings. The van der Waals surface area contributed by atoms with Crippen LogP contribution in [-0.2, 0) is 6.54 Å². The molecule has 19 heavy (non-hydrogen) atoms. The second-order valence-electron chi connectivity index (χ2n) is 5.49. The Labute approximate surface area is 116 Å². The molecule has 2 unspecified atom stereocenters. The molecule has 1 fully saturated rings. The fourth-order valence-electron chi connectivity index (χ4n) is 2.92. The van der Waals surface area contributed by atoms with Crippen molar-refractivity contribution in [1.29, 1.82) is 0 Å². The molecule has 1 aromatic carbocycles. The van der Waals surface area contributed by atoms with Gasteiger partial charge in [-0.05, 0) is 42.5 Å². The van der Waals surface area contributed by atoms with Crippen molar-refractivity contribution >= 4 is 0 Å². The molecule has 0 aromatic heterocycles. The lowest BCUT2D eigenvalue weighted by Gasteiger charge is -2.16. The second kappa shape index (κ2) is 6.80. The summed E-state index contributed by atoms with van der Waals surface area (Å²) in [4.78, 5) is 0. The van der Waals surface area contributed by atoms with E-state index < -0.39 is 0 Å². The zero-order valence-corrected chi connectivity index (χ0v) is 12.2. The number of nitrogens with one attached hydrogen (secondary N) is 1. The smallest absolute Gasteiger partial charge is 0.161 e. The van der Waals surface area contributed by atoms with Crippen molar-refractivity contribution in [3.05, 3.63) is 23.8 Å². The molecule has 0 saturated heterocycles. The van der Waals surface area contributed by atoms with Crippen molar-refractivity contribution < 1.29 is 9.47 Å². The highest BCUT2D eigenvalue weighted by atomic mass is 16.5. The normalized spacial score (nSPS) is 22.5. The fourth-order valence-corrected chi connectivity index (χ4v) is 2.92. The van der Waals surface area contributed by atoms with Crippen LogP contribution in [0.5, 0.6) is 11.5 Å². The molecule has 1 saturated carbocycles. The van der Waals surface area contributed by atoms with E-state index >= 15 is 0 Å². The Hall–Kier alpha value is -1.22. The van der Waals surface area contributed by atoms with Gasteiger partial charge in [0.05, 0.1) is 14.2 Å². The number of benzene rings is 1. The minimum absolute atomic E-state index is 0.788. The first kappa shape index (κ1) is 14.2. The summed E-state index contributed by atoms with van der Waals surface area (Å²) in [6, 6.07) is 6.10. The molecule has 3 heteroatoms. The summed E-state index contributed by atoms with van der Waals surface area (Å²) in [5, 5.41) is 3.57. The minimum Gasteiger partial charge on any atom is -0.493 e. The zero-order chi connectivity index (χ0) is 13.7. The Morgan fingerprint density at radius 2 is 1.95 bits per heavy atom. The van der Waals surface area contributed by atoms with Gasteiger partial charge < -0.3 is 14.8 Å². The maximum absolute atomic E-state index is 5.32. The lowest BCUT2D eigenvalue weighted by Crippen LogP contribution is -2.23. The van der Waals surface area contributed by atoms with Gasteiger partial charge in [0.25, 0.3) is 0 Å². The number of methoxy groups -OCH3 is 2. The van der Waals surface area contributed by atoms with Crippen LogP contribution >= 0.6 is 0 Å². The first-order valence-electron chi connectivity index (χ1n) is 7.16. The average Bonchev–Trinajstić information content (AvgIpc) is 2.84. The summed E-state index contributed by atoms with van der Waals surface area (Å²) in [5.41, 5.74) is 1.24. The van der Waals surface area contributed by atoms with Crippen molar-refractivity contribution in [2.24, 2.45) is 11.8 Å². The van der Waals surface area contributed by atoms with Crippen molar-refractivity contribution in [2.45, 2.75) is 32.7 Å². The van der Waals surface area contributed by atoms with Crippen LogP contribution in [0.3, 0.4) is 0 Å². The molecule has 0 bridgehead atoms. The number of ether oxygens (including phenoxy) is 2. The lowest BCUT2D eigenvalue weighted by molar-refractivity contribution is 0.354. The minimum atomic E-state index is 0.788. The van der Waals surface area contributed by atoms with E-state index in [1.54, 1.807) is 14.2 Å². The molecular weight excluding hydrogens is 238 g/mol. The van der Waals surface area contributed by atoms with E-state index in [4.69, 9.17) is 9.47 Å². The third-order valence-electron chi connectivity index (χ3n) is 4.22. The molecule has 0 heterocycles. The third-order valence-corrected chi connectivity index (χ3v) is 4.22. The summed E-state index contributed by atoms with van der Waals surface area (Å²) < 4.78 is 10.6. The Kier molecular flexibility index (Phi) is 5.08. The molecule has 3 nitrogen and oxygen atoms in total. The molecular formula is C16H25NO2. The third kappa shape index (κ3) is 3.63. The van der Waals surface area contributed by atoms with Crippen molar-refractivity contribution in [1.82, 2.24) is 5.32 Å². The highest BCUT2D eigenvalue weighted by Crippen LogP contribution is 2.31. The SMILES string of the molecule is COc1ccc(CNCC2CCCC2C)cc1OC. The van der Waals surface area contributed by atoms with Crippen LogP contribution in [0.15, 0.2) is 18.2 Å². The van der Waals surface area contributed by atoms with Crippen LogP contribution in [-0.4, -0.2) is 20.8 Å². The maximum Gasteiger partial charge on any atom is 0.161 e. The summed E-state index contributed by atoms with van der Waals surface area (Å²) in [5.74, 6) is 3.31. The van der Waals surface area contributed by atoms with Crippen LogP contribution in [0, 0.1) is 11.8 Å². The topological polar surface area (TPSA) is 30.5 Å². The van der Waals surface area contributed by atoms with E-state index in [1.807, 2.05) is 12.1 Å². The van der Waals surface area contributed by atoms with Crippen molar-refractivity contribution in [3.8, 4) is 11.5 Å². The molecule has 2 atom stereocenters. The van der Waals surface area contributed by atoms with Gasteiger partial charge in [-0.15, -0.1) is 0 Å². The van der Waals surface area contributed by atoms with Gasteiger partial charge in [0.15, 0.2) is 11.5 Å². The van der Waals surface area contributed by atoms with Crippen LogP contribution in [0.2, 0.25) is 0 Å². The van der Waals surface area contributed by atoms with Crippen LogP contribution in [0.1, 0.15) is 31.7 Å². The van der Waals surface area contributed by atoms with E-state index in [2.05, 4.69) is 18.3 Å². The quantitative estimate of drug-likeness (QED) is 0.854. The Morgan fingerprint density at radius 1 is 1.16 bits per heavy atom. The van der Waals surface area contributed by atoms with E-state index in [9.17, 15) is 0 Å². The Balaban J connectivity index is 1.85. The summed E-state index contributed by atoms with van der Waals surface area (Å²) in [7, 11) is 3.34. The Morgan fingerprint density at radius 3 is 2.58 bits per heavy atom. The highest BCUT2D eigenvalue weighted by molar-refractivity contribution is 5.42. The number of rotatable bonds is 6. The van der Waals surface area contributed by atoms with Gasteiger partial charge >= 0.3 is 0 Å². The predicted octanol–water partition coefficient (Wildman–Crippen LogP) is 3.23. The van der Waals surface area contributed by atoms with Gasteiger partial charge in [-0.2, -0.15) is 0 Å². The number of hydrogen-bond acceptors (Lipinski definition) is 3. The van der Waals surface area contributed by atoms with Gasteiger partial charge in [-0.25, -0.2) is 0 Å². The first-order chi connectivity index (χ1) is 9.24. The lowest BCUT2D eigenvalue weighted by atomic mass is 9.98. The molecule has 0 radical (unpaired) electrons. The summed E-state index contributed by atoms with van der Waals surface area (Å²) in [6.45, 7) is 4.38. The molecule has 0 aliphatic heterocycles. The highest BCUT2D eigenvalue weighted by Gasteiger charge is 2.22. The van der Waals surface area contributed by atoms with Gasteiger partial charge in [0.2, 0.25) is 0 Å². The first-order valence-corrected chi connectivity index (χ1v) is 7.16. The van der Waals surface area contributed by atoms with Crippen molar-refractivity contribution in [3.63, 3.8) is 0 Å². The Bertz CT molecular complexity index is 406. The van der Waals surface area contributed by atoms with Gasteiger partial charge in [0, 0.05) is 6.54 Å². The molecule has 0 amide bonds. The predicted molar refractivity (Wildman–Crippen MR) is 77.8 cm³/mol.